The highest BCUT2D eigenvalue weighted by Crippen LogP contribution is 2.26. The van der Waals surface area contributed by atoms with E-state index >= 15 is 0 Å². The lowest BCUT2D eigenvalue weighted by atomic mass is 10.1. The number of benzene rings is 2. The third-order valence-corrected chi connectivity index (χ3v) is 4.66. The number of hydrogen-bond acceptors (Lipinski definition) is 4. The maximum Gasteiger partial charge on any atom is 0.336 e. The summed E-state index contributed by atoms with van der Waals surface area (Å²) in [7, 11) is 0. The van der Waals surface area contributed by atoms with Crippen LogP contribution in [0.3, 0.4) is 0 Å². The van der Waals surface area contributed by atoms with Crippen molar-refractivity contribution in [2.45, 2.75) is 19.9 Å². The average Bonchev–Trinajstić information content (AvgIpc) is 2.59. The molecule has 0 fully saturated rings. The van der Waals surface area contributed by atoms with Gasteiger partial charge < -0.3 is 14.5 Å². The van der Waals surface area contributed by atoms with E-state index in [4.69, 9.17) is 32.4 Å². The molecule has 5 nitrogen and oxygen atoms in total. The van der Waals surface area contributed by atoms with Crippen molar-refractivity contribution in [1.29, 1.82) is 0 Å². The summed E-state index contributed by atoms with van der Waals surface area (Å²) in [5.74, 6) is 0.128. The van der Waals surface area contributed by atoms with Crippen LogP contribution in [-0.2, 0) is 4.79 Å². The quantitative estimate of drug-likeness (QED) is 0.626. The first-order valence-corrected chi connectivity index (χ1v) is 9.00. The Morgan fingerprint density at radius 1 is 1.19 bits per heavy atom. The highest BCUT2D eigenvalue weighted by atomic mass is 35.5. The molecule has 0 aliphatic carbocycles. The monoisotopic (exact) mass is 405 g/mol. The van der Waals surface area contributed by atoms with Crippen LogP contribution in [0.1, 0.15) is 24.1 Å². The number of amides is 1. The molecule has 1 atom stereocenters. The second-order valence-electron chi connectivity index (χ2n) is 6.15. The average molecular weight is 406 g/mol. The van der Waals surface area contributed by atoms with E-state index in [1.54, 1.807) is 36.4 Å². The summed E-state index contributed by atoms with van der Waals surface area (Å²) in [6, 6.07) is 11.3. The molecule has 1 amide bonds. The lowest BCUT2D eigenvalue weighted by Crippen LogP contribution is -2.31. The van der Waals surface area contributed by atoms with E-state index in [0.29, 0.717) is 21.4 Å². The van der Waals surface area contributed by atoms with Crippen LogP contribution < -0.4 is 15.7 Å². The van der Waals surface area contributed by atoms with E-state index in [1.807, 2.05) is 13.8 Å². The number of rotatable bonds is 5. The molecular formula is C20H17Cl2NO4. The summed E-state index contributed by atoms with van der Waals surface area (Å²) in [5.41, 5.74) is 1.57. The van der Waals surface area contributed by atoms with Gasteiger partial charge in [-0.25, -0.2) is 4.79 Å². The molecular weight excluding hydrogens is 389 g/mol. The summed E-state index contributed by atoms with van der Waals surface area (Å²) in [6.45, 7) is 3.47. The van der Waals surface area contributed by atoms with Gasteiger partial charge in [0.15, 0.2) is 6.61 Å². The van der Waals surface area contributed by atoms with Crippen molar-refractivity contribution in [3.63, 3.8) is 0 Å². The molecule has 0 aliphatic heterocycles. The van der Waals surface area contributed by atoms with Gasteiger partial charge in [0.05, 0.1) is 6.04 Å². The van der Waals surface area contributed by atoms with E-state index in [-0.39, 0.29) is 18.6 Å². The highest BCUT2D eigenvalue weighted by molar-refractivity contribution is 6.35. The standard InChI is InChI=1S/C20H17Cl2NO4/c1-11-7-20(25)27-18-9-14(4-6-15(11)18)26-10-19(24)23-12(2)16-5-3-13(21)8-17(16)22/h3-9,12H,10H2,1-2H3,(H,23,24)/t12-/m1/s1. The van der Waals surface area contributed by atoms with Crippen molar-refractivity contribution in [3.8, 4) is 5.75 Å². The topological polar surface area (TPSA) is 68.5 Å². The van der Waals surface area contributed by atoms with Crippen LogP contribution >= 0.6 is 23.2 Å². The highest BCUT2D eigenvalue weighted by Gasteiger charge is 2.14. The summed E-state index contributed by atoms with van der Waals surface area (Å²) in [5, 5.41) is 4.65. The maximum absolute atomic E-state index is 12.2. The summed E-state index contributed by atoms with van der Waals surface area (Å²) < 4.78 is 10.7. The first-order valence-electron chi connectivity index (χ1n) is 8.25. The van der Waals surface area contributed by atoms with Crippen LogP contribution in [0.5, 0.6) is 5.75 Å². The summed E-state index contributed by atoms with van der Waals surface area (Å²) in [4.78, 5) is 23.7. The zero-order valence-electron chi connectivity index (χ0n) is 14.7. The number of halogens is 2. The number of fused-ring (bicyclic) bond motifs is 1. The zero-order chi connectivity index (χ0) is 19.6. The van der Waals surface area contributed by atoms with Gasteiger partial charge in [-0.2, -0.15) is 0 Å². The molecule has 2 aromatic carbocycles. The van der Waals surface area contributed by atoms with Crippen LogP contribution in [0.2, 0.25) is 10.0 Å². The minimum absolute atomic E-state index is 0.183. The van der Waals surface area contributed by atoms with Crippen molar-refractivity contribution in [3.05, 3.63) is 74.1 Å². The van der Waals surface area contributed by atoms with Gasteiger partial charge in [-0.1, -0.05) is 29.3 Å². The van der Waals surface area contributed by atoms with Crippen molar-refractivity contribution in [2.24, 2.45) is 0 Å². The summed E-state index contributed by atoms with van der Waals surface area (Å²) in [6.07, 6.45) is 0. The molecule has 140 valence electrons. The van der Waals surface area contributed by atoms with E-state index in [1.165, 1.54) is 6.07 Å². The van der Waals surface area contributed by atoms with Gasteiger partial charge in [0.2, 0.25) is 0 Å². The SMILES string of the molecule is Cc1cc(=O)oc2cc(OCC(=O)N[C@H](C)c3ccc(Cl)cc3Cl)ccc12. The van der Waals surface area contributed by atoms with E-state index < -0.39 is 5.63 Å². The molecule has 0 spiro atoms. The molecule has 0 saturated heterocycles. The first-order chi connectivity index (χ1) is 12.8. The lowest BCUT2D eigenvalue weighted by Gasteiger charge is -2.16. The van der Waals surface area contributed by atoms with E-state index in [2.05, 4.69) is 5.32 Å². The van der Waals surface area contributed by atoms with Gasteiger partial charge in [0.25, 0.3) is 5.91 Å². The Labute approximate surface area is 165 Å². The van der Waals surface area contributed by atoms with Gasteiger partial charge in [-0.05, 0) is 49.2 Å². The Hall–Kier alpha value is -2.50. The van der Waals surface area contributed by atoms with Crippen molar-refractivity contribution in [1.82, 2.24) is 5.32 Å². The fraction of sp³-hybridized carbons (Fsp3) is 0.200. The Balaban J connectivity index is 1.65. The number of aryl methyl sites for hydroxylation is 1. The van der Waals surface area contributed by atoms with Gasteiger partial charge >= 0.3 is 5.63 Å². The van der Waals surface area contributed by atoms with Gasteiger partial charge in [-0.15, -0.1) is 0 Å². The zero-order valence-corrected chi connectivity index (χ0v) is 16.2. The predicted molar refractivity (Wildman–Crippen MR) is 106 cm³/mol. The largest absolute Gasteiger partial charge is 0.484 e. The molecule has 1 N–H and O–H groups in total. The molecule has 27 heavy (non-hydrogen) atoms. The maximum atomic E-state index is 12.2. The molecule has 3 aromatic rings. The minimum Gasteiger partial charge on any atom is -0.484 e. The number of ether oxygens (including phenoxy) is 1. The Kier molecular flexibility index (Phi) is 5.73. The number of carbonyl (C=O) groups is 1. The van der Waals surface area contributed by atoms with Crippen LogP contribution in [-0.4, -0.2) is 12.5 Å². The predicted octanol–water partition coefficient (Wildman–Crippen LogP) is 4.66. The molecule has 1 heterocycles. The minimum atomic E-state index is -0.427. The third-order valence-electron chi connectivity index (χ3n) is 4.10. The molecule has 0 saturated carbocycles. The lowest BCUT2D eigenvalue weighted by molar-refractivity contribution is -0.123. The van der Waals surface area contributed by atoms with Crippen LogP contribution in [0.15, 0.2) is 51.7 Å². The fourth-order valence-corrected chi connectivity index (χ4v) is 3.33. The normalized spacial score (nSPS) is 12.0. The Bertz CT molecular complexity index is 1060. The van der Waals surface area contributed by atoms with Gasteiger partial charge in [0, 0.05) is 27.6 Å². The van der Waals surface area contributed by atoms with Crippen LogP contribution in [0.25, 0.3) is 11.0 Å². The van der Waals surface area contributed by atoms with Crippen molar-refractivity contribution < 1.29 is 13.9 Å². The second kappa shape index (κ2) is 8.03. The molecule has 1 aromatic heterocycles. The smallest absolute Gasteiger partial charge is 0.336 e. The molecule has 0 unspecified atom stereocenters. The Morgan fingerprint density at radius 3 is 2.70 bits per heavy atom. The second-order valence-corrected chi connectivity index (χ2v) is 6.99. The third kappa shape index (κ3) is 4.62. The molecule has 0 bridgehead atoms. The van der Waals surface area contributed by atoms with Crippen molar-refractivity contribution >= 4 is 40.1 Å². The number of nitrogens with one attached hydrogen (secondary N) is 1. The van der Waals surface area contributed by atoms with Crippen LogP contribution in [0.4, 0.5) is 0 Å². The van der Waals surface area contributed by atoms with Crippen molar-refractivity contribution in [2.75, 3.05) is 6.61 Å². The summed E-state index contributed by atoms with van der Waals surface area (Å²) >= 11 is 12.0. The van der Waals surface area contributed by atoms with E-state index in [0.717, 1.165) is 16.5 Å². The fourth-order valence-electron chi connectivity index (χ4n) is 2.76. The molecule has 7 heteroatoms. The van der Waals surface area contributed by atoms with E-state index in [9.17, 15) is 9.59 Å². The molecule has 3 rings (SSSR count). The molecule has 0 radical (unpaired) electrons. The number of carbonyl (C=O) groups excluding carboxylic acids is 1. The van der Waals surface area contributed by atoms with Crippen LogP contribution in [0, 0.1) is 6.92 Å². The molecule has 0 aliphatic rings. The number of hydrogen-bond donors (Lipinski definition) is 1. The van der Waals surface area contributed by atoms with Gasteiger partial charge in [-0.3, -0.25) is 4.79 Å². The Morgan fingerprint density at radius 2 is 1.96 bits per heavy atom. The van der Waals surface area contributed by atoms with Gasteiger partial charge in [0.1, 0.15) is 11.3 Å². The first kappa shape index (κ1) is 19.3.